The van der Waals surface area contributed by atoms with Crippen LogP contribution in [-0.2, 0) is 0 Å². The zero-order chi connectivity index (χ0) is 5.82. The van der Waals surface area contributed by atoms with Gasteiger partial charge in [0, 0.05) is 0 Å². The smallest absolute Gasteiger partial charge is 0.232 e. The highest BCUT2D eigenvalue weighted by Gasteiger charge is 1.84. The Morgan fingerprint density at radius 1 is 1.75 bits per heavy atom. The molecule has 1 aromatic heterocycles. The molecule has 0 aromatic carbocycles. The minimum atomic E-state index is 0.493. The first-order valence-corrected chi connectivity index (χ1v) is 2.15. The molecule has 0 fully saturated rings. The van der Waals surface area contributed by atoms with Gasteiger partial charge in [-0.1, -0.05) is 0 Å². The molecule has 1 aromatic rings. The highest BCUT2D eigenvalue weighted by molar-refractivity contribution is 4.99. The molecule has 0 bridgehead atoms. The molecule has 0 saturated heterocycles. The lowest BCUT2D eigenvalue weighted by atomic mass is 10.7. The third-order valence-corrected chi connectivity index (χ3v) is 0.701. The molecule has 8 heavy (non-hydrogen) atoms. The summed E-state index contributed by atoms with van der Waals surface area (Å²) >= 11 is 0. The lowest BCUT2D eigenvalue weighted by molar-refractivity contribution is 0.395. The normalized spacial score (nSPS) is 8.62. The van der Waals surface area contributed by atoms with Gasteiger partial charge >= 0.3 is 0 Å². The predicted octanol–water partition coefficient (Wildman–Crippen LogP) is 0.285. The molecule has 0 unspecified atom stereocenters. The van der Waals surface area contributed by atoms with E-state index in [1.54, 1.807) is 0 Å². The fourth-order valence-electron chi connectivity index (χ4n) is 0.354. The molecule has 1 radical (unpaired) electrons. The maximum Gasteiger partial charge on any atom is 0.232 e. The van der Waals surface area contributed by atoms with Gasteiger partial charge in [-0.05, 0) is 0 Å². The van der Waals surface area contributed by atoms with Crippen LogP contribution < -0.4 is 4.74 Å². The highest BCUT2D eigenvalue weighted by atomic mass is 16.5. The highest BCUT2D eigenvalue weighted by Crippen LogP contribution is 1.96. The molecule has 0 N–H and O–H groups in total. The summed E-state index contributed by atoms with van der Waals surface area (Å²) in [5.74, 6) is 0.493. The summed E-state index contributed by atoms with van der Waals surface area (Å²) in [6.07, 6.45) is 5.52. The van der Waals surface area contributed by atoms with Crippen molar-refractivity contribution in [1.29, 1.82) is 0 Å². The van der Waals surface area contributed by atoms with E-state index < -0.39 is 0 Å². The van der Waals surface area contributed by atoms with E-state index in [4.69, 9.17) is 4.74 Å². The summed E-state index contributed by atoms with van der Waals surface area (Å²) in [7, 11) is 1.54. The number of hydrogen-bond donors (Lipinski definition) is 0. The van der Waals surface area contributed by atoms with Crippen molar-refractivity contribution in [2.45, 2.75) is 0 Å². The van der Waals surface area contributed by atoms with Crippen molar-refractivity contribution < 1.29 is 4.74 Å². The van der Waals surface area contributed by atoms with Crippen LogP contribution in [0.25, 0.3) is 0 Å². The number of methoxy groups -OCH3 is 1. The summed E-state index contributed by atoms with van der Waals surface area (Å²) in [5.41, 5.74) is 0. The number of aromatic nitrogens is 2. The maximum atomic E-state index is 4.71. The van der Waals surface area contributed by atoms with E-state index in [0.29, 0.717) is 5.88 Å². The van der Waals surface area contributed by atoms with Gasteiger partial charge in [0.25, 0.3) is 0 Å². The molecule has 0 aliphatic rings. The average molecular weight is 109 g/mol. The van der Waals surface area contributed by atoms with Crippen LogP contribution in [0.4, 0.5) is 0 Å². The predicted molar refractivity (Wildman–Crippen MR) is 27.4 cm³/mol. The van der Waals surface area contributed by atoms with Gasteiger partial charge < -0.3 is 4.74 Å². The second-order valence-corrected chi connectivity index (χ2v) is 1.19. The number of hydrogen-bond acceptors (Lipinski definition) is 3. The Morgan fingerprint density at radius 2 is 2.62 bits per heavy atom. The molecule has 3 heteroatoms. The Hall–Kier alpha value is -1.12. The first kappa shape index (κ1) is 5.03. The number of ether oxygens (including phenoxy) is 1. The molecule has 0 saturated carbocycles. The van der Waals surface area contributed by atoms with E-state index in [1.165, 1.54) is 19.5 Å². The van der Waals surface area contributed by atoms with E-state index in [-0.39, 0.29) is 0 Å². The topological polar surface area (TPSA) is 35.0 Å². The van der Waals surface area contributed by atoms with Crippen molar-refractivity contribution in [3.8, 4) is 5.88 Å². The van der Waals surface area contributed by atoms with Crippen molar-refractivity contribution in [3.63, 3.8) is 0 Å². The Morgan fingerprint density at radius 3 is 3.00 bits per heavy atom. The fourth-order valence-corrected chi connectivity index (χ4v) is 0.354. The summed E-state index contributed by atoms with van der Waals surface area (Å²) in [4.78, 5) is 7.40. The largest absolute Gasteiger partial charge is 0.480 e. The molecule has 0 atom stereocenters. The Bertz CT molecular complexity index is 152. The quantitative estimate of drug-likeness (QED) is 0.519. The van der Waals surface area contributed by atoms with E-state index >= 15 is 0 Å². The SMILES string of the molecule is COc1cnc[c]n1. The van der Waals surface area contributed by atoms with Crippen LogP contribution in [0.5, 0.6) is 5.88 Å². The van der Waals surface area contributed by atoms with Crippen molar-refractivity contribution in [1.82, 2.24) is 9.97 Å². The van der Waals surface area contributed by atoms with Crippen LogP contribution >= 0.6 is 0 Å². The second kappa shape index (κ2) is 2.26. The summed E-state index contributed by atoms with van der Waals surface area (Å²) < 4.78 is 4.71. The first-order chi connectivity index (χ1) is 3.93. The lowest BCUT2D eigenvalue weighted by Crippen LogP contribution is -1.85. The van der Waals surface area contributed by atoms with Crippen molar-refractivity contribution in [2.24, 2.45) is 0 Å². The van der Waals surface area contributed by atoms with Gasteiger partial charge in [0.2, 0.25) is 5.88 Å². The van der Waals surface area contributed by atoms with Gasteiger partial charge in [-0.3, -0.25) is 4.98 Å². The van der Waals surface area contributed by atoms with Gasteiger partial charge in [0.1, 0.15) is 6.20 Å². The Balaban J connectivity index is 2.83. The molecular weight excluding hydrogens is 104 g/mol. The molecule has 0 aliphatic carbocycles. The lowest BCUT2D eigenvalue weighted by Gasteiger charge is -1.91. The molecule has 0 amide bonds. The fraction of sp³-hybridized carbons (Fsp3) is 0.200. The van der Waals surface area contributed by atoms with E-state index in [0.717, 1.165) is 0 Å². The zero-order valence-corrected chi connectivity index (χ0v) is 4.46. The van der Waals surface area contributed by atoms with Crippen LogP contribution in [0.2, 0.25) is 0 Å². The Kier molecular flexibility index (Phi) is 1.42. The van der Waals surface area contributed by atoms with Gasteiger partial charge in [-0.15, -0.1) is 0 Å². The monoisotopic (exact) mass is 109 g/mol. The van der Waals surface area contributed by atoms with Gasteiger partial charge in [-0.2, -0.15) is 0 Å². The number of rotatable bonds is 1. The molecule has 0 spiro atoms. The second-order valence-electron chi connectivity index (χ2n) is 1.19. The van der Waals surface area contributed by atoms with E-state index in [2.05, 4.69) is 16.2 Å². The Labute approximate surface area is 47.3 Å². The van der Waals surface area contributed by atoms with Crippen molar-refractivity contribution in [2.75, 3.05) is 7.11 Å². The molecule has 1 heterocycles. The summed E-state index contributed by atoms with van der Waals surface area (Å²) in [6.45, 7) is 0. The van der Waals surface area contributed by atoms with E-state index in [1.807, 2.05) is 0 Å². The average Bonchev–Trinajstić information content (AvgIpc) is 1.90. The van der Waals surface area contributed by atoms with Crippen LogP contribution in [0.1, 0.15) is 0 Å². The molecule has 3 nitrogen and oxygen atoms in total. The van der Waals surface area contributed by atoms with Crippen LogP contribution in [-0.4, -0.2) is 17.1 Å². The molecule has 41 valence electrons. The van der Waals surface area contributed by atoms with Crippen LogP contribution in [0.3, 0.4) is 0 Å². The minimum absolute atomic E-state index is 0.493. The van der Waals surface area contributed by atoms with Gasteiger partial charge in [-0.25, -0.2) is 4.98 Å². The number of nitrogens with zero attached hydrogens (tertiary/aromatic N) is 2. The minimum Gasteiger partial charge on any atom is -0.480 e. The van der Waals surface area contributed by atoms with Crippen LogP contribution in [0.15, 0.2) is 12.4 Å². The van der Waals surface area contributed by atoms with E-state index in [9.17, 15) is 0 Å². The summed E-state index contributed by atoms with van der Waals surface area (Å²) in [6, 6.07) is 0. The van der Waals surface area contributed by atoms with Gasteiger partial charge in [0.15, 0.2) is 0 Å². The zero-order valence-electron chi connectivity index (χ0n) is 4.46. The first-order valence-electron chi connectivity index (χ1n) is 2.15. The standard InChI is InChI=1S/C5H5N2O/c1-8-5-4-6-2-3-7-5/h2,4H,1H3. The van der Waals surface area contributed by atoms with Crippen LogP contribution in [0, 0.1) is 6.20 Å². The molecular formula is C5H5N2O. The summed E-state index contributed by atoms with van der Waals surface area (Å²) in [5, 5.41) is 0. The molecule has 1 rings (SSSR count). The van der Waals surface area contributed by atoms with Crippen molar-refractivity contribution in [3.05, 3.63) is 18.6 Å². The third-order valence-electron chi connectivity index (χ3n) is 0.701. The maximum absolute atomic E-state index is 4.71. The third kappa shape index (κ3) is 0.932. The molecule has 0 aliphatic heterocycles. The van der Waals surface area contributed by atoms with Crippen molar-refractivity contribution >= 4 is 0 Å². The van der Waals surface area contributed by atoms with Gasteiger partial charge in [0.05, 0.1) is 19.5 Å².